The summed E-state index contributed by atoms with van der Waals surface area (Å²) in [6.45, 7) is 7.17. The van der Waals surface area contributed by atoms with E-state index in [9.17, 15) is 4.79 Å². The third kappa shape index (κ3) is 5.82. The fraction of sp³-hybridized carbons (Fsp3) is 0.840. The Hall–Kier alpha value is -1.21. The SMILES string of the molecule is CCCCC(CC)Sc1c(OCC2CCNCC2)noc1C(=O)NC1C2CCCC1CC2. The van der Waals surface area contributed by atoms with E-state index in [0.29, 0.717) is 47.3 Å². The smallest absolute Gasteiger partial charge is 0.291 e. The molecular formula is C25H41N3O3S. The molecule has 2 bridgehead atoms. The Kier molecular flexibility index (Phi) is 8.81. The molecule has 6 nitrogen and oxygen atoms in total. The van der Waals surface area contributed by atoms with Gasteiger partial charge in [-0.1, -0.05) is 33.1 Å². The molecule has 1 saturated heterocycles. The fourth-order valence-electron chi connectivity index (χ4n) is 5.71. The Morgan fingerprint density at radius 1 is 1.19 bits per heavy atom. The van der Waals surface area contributed by atoms with E-state index >= 15 is 0 Å². The molecule has 1 aromatic rings. The van der Waals surface area contributed by atoms with Crippen LogP contribution < -0.4 is 15.4 Å². The van der Waals surface area contributed by atoms with Crippen LogP contribution in [0, 0.1) is 17.8 Å². The number of aromatic nitrogens is 1. The van der Waals surface area contributed by atoms with Crippen molar-refractivity contribution in [2.24, 2.45) is 17.8 Å². The van der Waals surface area contributed by atoms with Gasteiger partial charge in [0.1, 0.15) is 4.90 Å². The van der Waals surface area contributed by atoms with Crippen molar-refractivity contribution in [2.75, 3.05) is 19.7 Å². The Balaban J connectivity index is 1.47. The Labute approximate surface area is 197 Å². The number of hydrogen-bond donors (Lipinski definition) is 2. The lowest BCUT2D eigenvalue weighted by Gasteiger charge is -2.30. The fourth-order valence-corrected chi connectivity index (χ4v) is 6.93. The standard InChI is InChI=1S/C25H41N3O3S/c1-3-5-9-20(4-2)32-23-22(24(29)27-21-18-7-6-8-19(21)11-10-18)31-28-25(23)30-16-17-12-14-26-15-13-17/h17-21,26H,3-16H2,1-2H3,(H,27,29). The number of unbranched alkanes of at least 4 members (excludes halogenated alkanes) is 1. The maximum Gasteiger partial charge on any atom is 0.291 e. The number of amides is 1. The number of carbonyl (C=O) groups excluding carboxylic acids is 1. The molecule has 1 amide bonds. The normalized spacial score (nSPS) is 26.8. The number of fused-ring (bicyclic) bond motifs is 2. The van der Waals surface area contributed by atoms with E-state index in [4.69, 9.17) is 9.26 Å². The summed E-state index contributed by atoms with van der Waals surface area (Å²) in [6, 6.07) is 0.292. The van der Waals surface area contributed by atoms with Gasteiger partial charge in [0.15, 0.2) is 0 Å². The first-order valence-corrected chi connectivity index (χ1v) is 13.9. The number of carbonyl (C=O) groups is 1. The van der Waals surface area contributed by atoms with Crippen molar-refractivity contribution < 1.29 is 14.1 Å². The highest BCUT2D eigenvalue weighted by atomic mass is 32.2. The molecule has 3 fully saturated rings. The second kappa shape index (κ2) is 11.8. The monoisotopic (exact) mass is 463 g/mol. The van der Waals surface area contributed by atoms with Gasteiger partial charge in [0.2, 0.25) is 5.76 Å². The van der Waals surface area contributed by atoms with Gasteiger partial charge in [0.25, 0.3) is 11.8 Å². The largest absolute Gasteiger partial charge is 0.474 e. The topological polar surface area (TPSA) is 76.4 Å². The molecular weight excluding hydrogens is 422 g/mol. The highest BCUT2D eigenvalue weighted by Crippen LogP contribution is 2.43. The minimum Gasteiger partial charge on any atom is -0.474 e. The predicted octanol–water partition coefficient (Wildman–Crippen LogP) is 5.42. The summed E-state index contributed by atoms with van der Waals surface area (Å²) in [6.07, 6.45) is 13.0. The van der Waals surface area contributed by atoms with Crippen molar-refractivity contribution in [3.63, 3.8) is 0 Å². The van der Waals surface area contributed by atoms with Crippen molar-refractivity contribution in [3.05, 3.63) is 5.76 Å². The van der Waals surface area contributed by atoms with Crippen LogP contribution in [0.2, 0.25) is 0 Å². The van der Waals surface area contributed by atoms with Gasteiger partial charge >= 0.3 is 0 Å². The van der Waals surface area contributed by atoms with Crippen LogP contribution in [-0.4, -0.2) is 42.1 Å². The van der Waals surface area contributed by atoms with Crippen LogP contribution in [0.15, 0.2) is 9.42 Å². The molecule has 32 heavy (non-hydrogen) atoms. The molecule has 0 aromatic carbocycles. The van der Waals surface area contributed by atoms with Gasteiger partial charge < -0.3 is 19.9 Å². The quantitative estimate of drug-likeness (QED) is 0.427. The molecule has 2 heterocycles. The Morgan fingerprint density at radius 3 is 2.62 bits per heavy atom. The number of piperidine rings is 1. The maximum absolute atomic E-state index is 13.3. The molecule has 2 saturated carbocycles. The highest BCUT2D eigenvalue weighted by Gasteiger charge is 2.40. The van der Waals surface area contributed by atoms with E-state index in [-0.39, 0.29) is 5.91 Å². The lowest BCUT2D eigenvalue weighted by Crippen LogP contribution is -2.43. The van der Waals surface area contributed by atoms with Crippen LogP contribution in [0.5, 0.6) is 5.88 Å². The van der Waals surface area contributed by atoms with Gasteiger partial charge in [0, 0.05) is 11.3 Å². The molecule has 0 spiro atoms. The molecule has 2 aliphatic carbocycles. The minimum atomic E-state index is -0.106. The zero-order valence-electron chi connectivity index (χ0n) is 19.9. The second-order valence-corrected chi connectivity index (χ2v) is 11.3. The summed E-state index contributed by atoms with van der Waals surface area (Å²) in [5, 5.41) is 11.4. The third-order valence-corrected chi connectivity index (χ3v) is 9.23. The average molecular weight is 464 g/mol. The van der Waals surface area contributed by atoms with Crippen LogP contribution in [0.1, 0.15) is 95.0 Å². The molecule has 0 radical (unpaired) electrons. The first kappa shape index (κ1) is 23.9. The van der Waals surface area contributed by atoms with Crippen LogP contribution in [-0.2, 0) is 0 Å². The van der Waals surface area contributed by atoms with Gasteiger partial charge in [-0.2, -0.15) is 0 Å². The van der Waals surface area contributed by atoms with Gasteiger partial charge in [-0.3, -0.25) is 4.79 Å². The third-order valence-electron chi connectivity index (χ3n) is 7.73. The van der Waals surface area contributed by atoms with E-state index < -0.39 is 0 Å². The molecule has 1 aliphatic heterocycles. The van der Waals surface area contributed by atoms with Gasteiger partial charge in [0.05, 0.1) is 6.61 Å². The van der Waals surface area contributed by atoms with Crippen molar-refractivity contribution in [1.82, 2.24) is 15.8 Å². The highest BCUT2D eigenvalue weighted by molar-refractivity contribution is 8.00. The van der Waals surface area contributed by atoms with E-state index in [1.807, 2.05) is 0 Å². The number of thioether (sulfide) groups is 1. The van der Waals surface area contributed by atoms with E-state index in [2.05, 4.69) is 29.6 Å². The van der Waals surface area contributed by atoms with E-state index in [1.54, 1.807) is 11.8 Å². The number of ether oxygens (including phenoxy) is 1. The van der Waals surface area contributed by atoms with Crippen LogP contribution in [0.25, 0.3) is 0 Å². The lowest BCUT2D eigenvalue weighted by molar-refractivity contribution is 0.0859. The number of rotatable bonds is 11. The lowest BCUT2D eigenvalue weighted by atomic mass is 9.84. The molecule has 2 N–H and O–H groups in total. The zero-order valence-corrected chi connectivity index (χ0v) is 20.7. The van der Waals surface area contributed by atoms with E-state index in [1.165, 1.54) is 44.9 Å². The van der Waals surface area contributed by atoms with Crippen molar-refractivity contribution >= 4 is 17.7 Å². The Morgan fingerprint density at radius 2 is 1.94 bits per heavy atom. The summed E-state index contributed by atoms with van der Waals surface area (Å²) in [4.78, 5) is 14.1. The number of hydrogen-bond acceptors (Lipinski definition) is 6. The van der Waals surface area contributed by atoms with Crippen LogP contribution in [0.4, 0.5) is 0 Å². The zero-order chi connectivity index (χ0) is 22.3. The minimum absolute atomic E-state index is 0.106. The molecule has 7 heteroatoms. The molecule has 3 aliphatic rings. The average Bonchev–Trinajstić information content (AvgIpc) is 3.30. The molecule has 180 valence electrons. The Bertz CT molecular complexity index is 718. The first-order valence-electron chi connectivity index (χ1n) is 13.0. The predicted molar refractivity (Wildman–Crippen MR) is 128 cm³/mol. The number of nitrogens with zero attached hydrogens (tertiary/aromatic N) is 1. The first-order chi connectivity index (χ1) is 15.7. The maximum atomic E-state index is 13.3. The summed E-state index contributed by atoms with van der Waals surface area (Å²) >= 11 is 1.73. The summed E-state index contributed by atoms with van der Waals surface area (Å²) in [5.74, 6) is 2.55. The second-order valence-electron chi connectivity index (χ2n) is 9.97. The molecule has 3 unspecified atom stereocenters. The van der Waals surface area contributed by atoms with Crippen molar-refractivity contribution in [1.29, 1.82) is 0 Å². The van der Waals surface area contributed by atoms with Crippen LogP contribution >= 0.6 is 11.8 Å². The molecule has 4 rings (SSSR count). The van der Waals surface area contributed by atoms with Crippen molar-refractivity contribution in [3.8, 4) is 5.88 Å². The van der Waals surface area contributed by atoms with Gasteiger partial charge in [-0.15, -0.1) is 11.8 Å². The number of nitrogens with one attached hydrogen (secondary N) is 2. The summed E-state index contributed by atoms with van der Waals surface area (Å²) in [5.41, 5.74) is 0. The summed E-state index contributed by atoms with van der Waals surface area (Å²) < 4.78 is 11.8. The van der Waals surface area contributed by atoms with Crippen molar-refractivity contribution in [2.45, 2.75) is 101 Å². The van der Waals surface area contributed by atoms with Gasteiger partial charge in [-0.05, 0) is 87.4 Å². The van der Waals surface area contributed by atoms with Gasteiger partial charge in [-0.25, -0.2) is 0 Å². The molecule has 3 atom stereocenters. The summed E-state index contributed by atoms with van der Waals surface area (Å²) in [7, 11) is 0. The van der Waals surface area contributed by atoms with E-state index in [0.717, 1.165) is 43.7 Å². The van der Waals surface area contributed by atoms with Crippen LogP contribution in [0.3, 0.4) is 0 Å². The molecule has 1 aromatic heterocycles.